The molecule has 3 fully saturated rings. The Balaban J connectivity index is 0.915. The lowest BCUT2D eigenvalue weighted by atomic mass is 9.92. The lowest BCUT2D eigenvalue weighted by molar-refractivity contribution is -0.663. The van der Waals surface area contributed by atoms with E-state index >= 15 is 9.59 Å². The first-order valence-corrected chi connectivity index (χ1v) is 33.0. The number of rotatable bonds is 20. The number of nitrogens with zero attached hydrogens (tertiary/aromatic N) is 2. The quantitative estimate of drug-likeness (QED) is 0.0365. The van der Waals surface area contributed by atoms with Crippen molar-refractivity contribution in [1.82, 2.24) is 31.9 Å². The lowest BCUT2D eigenvalue weighted by Crippen LogP contribution is -2.80. The Labute approximate surface area is 586 Å². The van der Waals surface area contributed by atoms with Crippen molar-refractivity contribution >= 4 is 58.1 Å². The predicted octanol–water partition coefficient (Wildman–Crippen LogP) is -14.4. The standard InChI is InChI=1S/C65H86N12O26/c1-26(28-8-4-3-5-9-28)42-58(94)71-32(18-27-12-14-29(15-13-27)99-62-54(91)51(88)55(39(24-80)101-62)103-63-53(90)50(87)48(85)40(102-63)25-98-37-17-16-36(97-2)30-10-6-7-11-31(30)37)57(93)75-43(45(82)33-19-69-64(66)73-33)60(96)76-44(59(95)72-34(22-78)56(92)68-21-41(81)74-42)46(83)35-20-70-65(67)77(35)61-52(89)49(86)47(84)38(23-79)100-61/h3-17,26,32-35,38-40,42-55,61-63,78-80,82-91H,18-25H2,1-2H3,(H11,66,67,68,69,70,71,72,73,74,75,76,81,92,93,94,95,96)/p+2/t26-,32-,33+,34?,35+,38+,39-,40+,42-,43+,44-,45-,46-,47+,48+,49+,50+,51+,52+,53+,54-,55-,61-,62+,63+/m1/s1. The summed E-state index contributed by atoms with van der Waals surface area (Å²) in [4.78, 5) is 69.3. The van der Waals surface area contributed by atoms with Crippen LogP contribution in [0.1, 0.15) is 24.0 Å². The van der Waals surface area contributed by atoms with Gasteiger partial charge in [-0.05, 0) is 35.4 Å². The molecule has 0 radical (unpaired) electrons. The van der Waals surface area contributed by atoms with Crippen molar-refractivity contribution in [2.75, 3.05) is 53.2 Å². The second-order valence-electron chi connectivity index (χ2n) is 25.6. The van der Waals surface area contributed by atoms with Gasteiger partial charge in [-0.2, -0.15) is 0 Å². The Hall–Kier alpha value is -8.78. The second-order valence-corrected chi connectivity index (χ2v) is 25.6. The highest BCUT2D eigenvalue weighted by Crippen LogP contribution is 2.36. The molecule has 1 unspecified atom stereocenters. The fourth-order valence-corrected chi connectivity index (χ4v) is 13.0. The molecule has 0 saturated carbocycles. The molecular formula is C65H88N12O26+2. The Morgan fingerprint density at radius 2 is 1.24 bits per heavy atom. The number of amides is 4. The molecule has 10 rings (SSSR count). The minimum Gasteiger partial charge on any atom is -0.858 e. The third-order valence-electron chi connectivity index (χ3n) is 18.9. The molecule has 0 bridgehead atoms. The monoisotopic (exact) mass is 1450 g/mol. The van der Waals surface area contributed by atoms with Crippen molar-refractivity contribution in [3.8, 4) is 17.2 Å². The van der Waals surface area contributed by atoms with Crippen LogP contribution in [-0.2, 0) is 44.5 Å². The molecule has 6 aliphatic rings. The number of hydrogen-bond donors (Lipinski definition) is 24. The molecule has 38 nitrogen and oxygen atoms in total. The van der Waals surface area contributed by atoms with E-state index in [1.807, 2.05) is 6.07 Å². The van der Waals surface area contributed by atoms with Crippen LogP contribution in [0.4, 0.5) is 0 Å². The fraction of sp³-hybridized carbons (Fsp3) is 0.538. The van der Waals surface area contributed by atoms with E-state index in [0.717, 1.165) is 4.58 Å². The Kier molecular flexibility index (Phi) is 25.2. The van der Waals surface area contributed by atoms with Gasteiger partial charge < -0.3 is 131 Å². The Morgan fingerprint density at radius 1 is 0.641 bits per heavy atom. The highest BCUT2D eigenvalue weighted by atomic mass is 16.7. The van der Waals surface area contributed by atoms with E-state index in [1.165, 1.54) is 31.4 Å². The Morgan fingerprint density at radius 3 is 1.90 bits per heavy atom. The summed E-state index contributed by atoms with van der Waals surface area (Å²) in [6.07, 6.45) is -31.5. The molecule has 0 aliphatic carbocycles. The summed E-state index contributed by atoms with van der Waals surface area (Å²) < 4.78 is 41.9. The summed E-state index contributed by atoms with van der Waals surface area (Å²) >= 11 is 0. The molecule has 26 N–H and O–H groups in total. The number of aliphatic hydroxyl groups excluding tert-OH is 14. The number of fused-ring (bicyclic) bond motifs is 1. The number of benzene rings is 4. The number of nitrogens with one attached hydrogen (secondary N) is 8. The van der Waals surface area contributed by atoms with Crippen LogP contribution in [0, 0.1) is 0 Å². The van der Waals surface area contributed by atoms with Crippen LogP contribution in [-0.4, -0.2) is 323 Å². The van der Waals surface area contributed by atoms with Gasteiger partial charge in [0.1, 0.15) is 152 Å². The van der Waals surface area contributed by atoms with E-state index < -0.39 is 227 Å². The lowest BCUT2D eigenvalue weighted by Gasteiger charge is -2.46. The van der Waals surface area contributed by atoms with E-state index in [4.69, 9.17) is 44.6 Å². The molecule has 4 amide bonds. The molecule has 3 saturated heterocycles. The van der Waals surface area contributed by atoms with Crippen molar-refractivity contribution in [2.45, 2.75) is 166 Å². The summed E-state index contributed by atoms with van der Waals surface area (Å²) in [6.45, 7) is -3.21. The van der Waals surface area contributed by atoms with Gasteiger partial charge >= 0.3 is 17.8 Å². The number of aliphatic imine (C=N–C) groups is 1. The molecule has 25 atom stereocenters. The average molecular weight is 1450 g/mol. The number of aliphatic hydroxyl groups is 14. The van der Waals surface area contributed by atoms with Crippen LogP contribution in [0.3, 0.4) is 0 Å². The first-order chi connectivity index (χ1) is 49.2. The molecule has 4 aromatic rings. The highest BCUT2D eigenvalue weighted by molar-refractivity contribution is 5.97. The predicted molar refractivity (Wildman–Crippen MR) is 349 cm³/mol. The number of hydrogen-bond acceptors (Lipinski definition) is 30. The maximum atomic E-state index is 15.2. The van der Waals surface area contributed by atoms with Crippen LogP contribution >= 0.6 is 0 Å². The van der Waals surface area contributed by atoms with Gasteiger partial charge in [0.05, 0.1) is 33.5 Å². The molecule has 103 heavy (non-hydrogen) atoms. The minimum absolute atomic E-state index is 0.0687. The largest absolute Gasteiger partial charge is 0.858 e. The van der Waals surface area contributed by atoms with Crippen LogP contribution in [0.2, 0.25) is 0 Å². The van der Waals surface area contributed by atoms with Crippen molar-refractivity contribution in [1.29, 1.82) is 0 Å². The van der Waals surface area contributed by atoms with E-state index in [0.29, 0.717) is 27.8 Å². The van der Waals surface area contributed by atoms with E-state index in [2.05, 4.69) is 46.9 Å². The van der Waals surface area contributed by atoms with E-state index in [1.54, 1.807) is 67.6 Å². The fourth-order valence-electron chi connectivity index (χ4n) is 13.0. The SMILES string of the molecule is COc1ccc(OC[C@@H]2O[C@@H](O[C@H]3[C@@H](O)[C@@H](O)[C@@H](Oc4ccc(C[C@H]5NC(=O)[C@@H]([C@H](C)c6ccccc6)N=C([O-])C[NH+]=C(O)C(CO)NC(=O)[C@@H]([C@H](O)[C@@H]6CNC(N)=[N+]6[C@@H]6O[C@@H](CO)[C@H](O)[C@H](O)[C@@H]6O)NC(=O)[C@H]([C@H](O)[C@@H]6C[NH+]=C(N)N6)NC5=O)cc4)O[C@@H]3CO)[C@@H](O)[C@@H](O)[C@H]2O)c2ccccc12. The van der Waals surface area contributed by atoms with Gasteiger partial charge in [-0.1, -0.05) is 73.7 Å². The molecule has 6 heterocycles. The van der Waals surface area contributed by atoms with Crippen molar-refractivity contribution in [3.05, 3.63) is 102 Å². The zero-order chi connectivity index (χ0) is 74.2. The smallest absolute Gasteiger partial charge is 0.358 e. The Bertz CT molecular complexity index is 3730. The number of nitrogens with two attached hydrogens (primary N) is 2. The third-order valence-corrected chi connectivity index (χ3v) is 18.9. The zero-order valence-electron chi connectivity index (χ0n) is 55.5. The van der Waals surface area contributed by atoms with Gasteiger partial charge in [-0.3, -0.25) is 51.3 Å². The van der Waals surface area contributed by atoms with Gasteiger partial charge in [0.2, 0.25) is 36.1 Å². The number of ether oxygens (including phenoxy) is 7. The number of carbonyl (C=O) groups is 4. The maximum absolute atomic E-state index is 15.2. The van der Waals surface area contributed by atoms with Gasteiger partial charge in [-0.25, -0.2) is 9.57 Å². The molecule has 38 heteroatoms. The molecular weight excluding hydrogens is 1360 g/mol. The number of methoxy groups -OCH3 is 1. The summed E-state index contributed by atoms with van der Waals surface area (Å²) in [7, 11) is 1.51. The van der Waals surface area contributed by atoms with Crippen LogP contribution in [0.5, 0.6) is 17.2 Å². The summed E-state index contributed by atoms with van der Waals surface area (Å²) in [6, 6.07) is 11.5. The topological polar surface area (TPSA) is 607 Å². The van der Waals surface area contributed by atoms with Gasteiger partial charge in [0.15, 0.2) is 18.9 Å². The van der Waals surface area contributed by atoms with E-state index in [-0.39, 0.29) is 36.4 Å². The van der Waals surface area contributed by atoms with Crippen LogP contribution < -0.4 is 72.7 Å². The second kappa shape index (κ2) is 33.8. The normalized spacial score (nSPS) is 34.5. The third kappa shape index (κ3) is 17.1. The first kappa shape index (κ1) is 76.8. The van der Waals surface area contributed by atoms with Gasteiger partial charge in [0, 0.05) is 29.0 Å². The number of guanidine groups is 2. The minimum atomic E-state index is -2.30. The molecule has 562 valence electrons. The zero-order valence-corrected chi connectivity index (χ0v) is 55.5. The summed E-state index contributed by atoms with van der Waals surface area (Å²) in [5, 5.41) is 186. The number of carbonyl (C=O) groups excluding carboxylic acids is 4. The summed E-state index contributed by atoms with van der Waals surface area (Å²) in [5.74, 6) is -7.63. The summed E-state index contributed by atoms with van der Waals surface area (Å²) in [5.41, 5.74) is 13.0. The van der Waals surface area contributed by atoms with Gasteiger partial charge in [0.25, 0.3) is 0 Å². The van der Waals surface area contributed by atoms with Crippen LogP contribution in [0.15, 0.2) is 96.0 Å². The van der Waals surface area contributed by atoms with Gasteiger partial charge in [-0.15, -0.1) is 0 Å². The molecule has 0 spiro atoms. The van der Waals surface area contributed by atoms with E-state index in [9.17, 15) is 86.2 Å². The van der Waals surface area contributed by atoms with Crippen LogP contribution in [0.25, 0.3) is 10.8 Å². The molecule has 6 aliphatic heterocycles. The highest BCUT2D eigenvalue weighted by Gasteiger charge is 2.55. The van der Waals surface area contributed by atoms with Crippen molar-refractivity contribution < 1.29 is 143 Å². The maximum Gasteiger partial charge on any atom is 0.358 e. The van der Waals surface area contributed by atoms with Crippen molar-refractivity contribution in [3.63, 3.8) is 0 Å². The first-order valence-electron chi connectivity index (χ1n) is 33.0. The molecule has 0 aromatic heterocycles. The van der Waals surface area contributed by atoms with Crippen molar-refractivity contribution in [2.24, 2.45) is 16.5 Å². The molecule has 4 aromatic carbocycles. The average Bonchev–Trinajstić information content (AvgIpc) is 1.50.